The molecule has 0 aliphatic rings. The number of anilines is 1. The smallest absolute Gasteiger partial charge is 0.181 e. The molecule has 0 amide bonds. The van der Waals surface area contributed by atoms with Crippen molar-refractivity contribution in [2.75, 3.05) is 5.73 Å². The zero-order chi connectivity index (χ0) is 11.7. The highest BCUT2D eigenvalue weighted by Crippen LogP contribution is 2.39. The molecule has 1 aromatic carbocycles. The van der Waals surface area contributed by atoms with E-state index in [2.05, 4.69) is 28.6 Å². The van der Waals surface area contributed by atoms with Crippen molar-refractivity contribution in [2.45, 2.75) is 0 Å². The van der Waals surface area contributed by atoms with Gasteiger partial charge in [-0.25, -0.2) is 4.98 Å². The maximum Gasteiger partial charge on any atom is 0.181 e. The summed E-state index contributed by atoms with van der Waals surface area (Å²) in [5, 5.41) is 2.69. The number of thiophene rings is 1. The molecule has 0 atom stereocenters. The Morgan fingerprint density at radius 1 is 1.00 bits per heavy atom. The third-order valence-electron chi connectivity index (χ3n) is 2.44. The first-order valence-electron chi connectivity index (χ1n) is 5.20. The van der Waals surface area contributed by atoms with Crippen LogP contribution in [-0.2, 0) is 0 Å². The van der Waals surface area contributed by atoms with Crippen LogP contribution in [0.15, 0.2) is 47.8 Å². The van der Waals surface area contributed by atoms with Crippen LogP contribution in [0, 0.1) is 0 Å². The number of nitrogens with zero attached hydrogens (tertiary/aromatic N) is 1. The topological polar surface area (TPSA) is 38.9 Å². The SMILES string of the molecule is Nc1nc(-c2ccccc2)c(-c2cccs2)s1. The molecule has 0 radical (unpaired) electrons. The summed E-state index contributed by atoms with van der Waals surface area (Å²) < 4.78 is 0. The van der Waals surface area contributed by atoms with Gasteiger partial charge in [0.25, 0.3) is 0 Å². The predicted octanol–water partition coefficient (Wildman–Crippen LogP) is 4.12. The summed E-state index contributed by atoms with van der Waals surface area (Å²) in [4.78, 5) is 6.82. The van der Waals surface area contributed by atoms with Gasteiger partial charge < -0.3 is 5.73 Å². The molecule has 0 bridgehead atoms. The lowest BCUT2D eigenvalue weighted by Crippen LogP contribution is -1.83. The molecule has 3 rings (SSSR count). The molecule has 2 aromatic heterocycles. The van der Waals surface area contributed by atoms with Crippen LogP contribution in [0.5, 0.6) is 0 Å². The Bertz CT molecular complexity index is 612. The van der Waals surface area contributed by atoms with E-state index < -0.39 is 0 Å². The van der Waals surface area contributed by atoms with Crippen LogP contribution in [0.25, 0.3) is 21.0 Å². The van der Waals surface area contributed by atoms with Crippen LogP contribution in [-0.4, -0.2) is 4.98 Å². The van der Waals surface area contributed by atoms with Crippen LogP contribution >= 0.6 is 22.7 Å². The highest BCUT2D eigenvalue weighted by Gasteiger charge is 2.13. The zero-order valence-electron chi connectivity index (χ0n) is 8.96. The van der Waals surface area contributed by atoms with Crippen LogP contribution in [0.4, 0.5) is 5.13 Å². The number of rotatable bonds is 2. The highest BCUT2D eigenvalue weighted by atomic mass is 32.1. The van der Waals surface area contributed by atoms with Gasteiger partial charge in [-0.15, -0.1) is 11.3 Å². The summed E-state index contributed by atoms with van der Waals surface area (Å²) in [5.74, 6) is 0. The number of hydrogen-bond donors (Lipinski definition) is 1. The molecule has 0 aliphatic heterocycles. The van der Waals surface area contributed by atoms with Gasteiger partial charge in [-0.2, -0.15) is 0 Å². The first-order valence-corrected chi connectivity index (χ1v) is 6.90. The monoisotopic (exact) mass is 258 g/mol. The second-order valence-electron chi connectivity index (χ2n) is 3.57. The van der Waals surface area contributed by atoms with E-state index in [1.54, 1.807) is 22.7 Å². The van der Waals surface area contributed by atoms with E-state index in [0.717, 1.165) is 16.1 Å². The zero-order valence-corrected chi connectivity index (χ0v) is 10.6. The molecule has 2 N–H and O–H groups in total. The Labute approximate surface area is 107 Å². The van der Waals surface area contributed by atoms with E-state index in [1.165, 1.54) is 4.88 Å². The second-order valence-corrected chi connectivity index (χ2v) is 5.55. The number of nitrogen functional groups attached to an aromatic ring is 1. The quantitative estimate of drug-likeness (QED) is 0.751. The summed E-state index contributed by atoms with van der Waals surface area (Å²) in [7, 11) is 0. The van der Waals surface area contributed by atoms with E-state index >= 15 is 0 Å². The maximum atomic E-state index is 5.83. The fraction of sp³-hybridized carbons (Fsp3) is 0. The molecular weight excluding hydrogens is 248 g/mol. The van der Waals surface area contributed by atoms with Gasteiger partial charge in [0.2, 0.25) is 0 Å². The molecular formula is C13H10N2S2. The van der Waals surface area contributed by atoms with Crippen LogP contribution in [0.3, 0.4) is 0 Å². The molecule has 2 nitrogen and oxygen atoms in total. The average molecular weight is 258 g/mol. The summed E-state index contributed by atoms with van der Waals surface area (Å²) in [6.45, 7) is 0. The van der Waals surface area contributed by atoms with Gasteiger partial charge in [-0.1, -0.05) is 47.7 Å². The van der Waals surface area contributed by atoms with E-state index in [9.17, 15) is 0 Å². The van der Waals surface area contributed by atoms with E-state index in [4.69, 9.17) is 5.73 Å². The standard InChI is InChI=1S/C13H10N2S2/c14-13-15-11(9-5-2-1-3-6-9)12(17-13)10-7-4-8-16-10/h1-8H,(H2,14,15). The fourth-order valence-electron chi connectivity index (χ4n) is 1.70. The van der Waals surface area contributed by atoms with Crippen molar-refractivity contribution in [1.29, 1.82) is 0 Å². The van der Waals surface area contributed by atoms with Crippen molar-refractivity contribution in [3.05, 3.63) is 47.8 Å². The lowest BCUT2D eigenvalue weighted by atomic mass is 10.1. The number of benzene rings is 1. The molecule has 17 heavy (non-hydrogen) atoms. The number of aromatic nitrogens is 1. The summed E-state index contributed by atoms with van der Waals surface area (Å²) in [6, 6.07) is 14.3. The van der Waals surface area contributed by atoms with Crippen molar-refractivity contribution in [3.63, 3.8) is 0 Å². The Balaban J connectivity index is 2.18. The number of hydrogen-bond acceptors (Lipinski definition) is 4. The number of thiazole rings is 1. The first-order chi connectivity index (χ1) is 8.34. The van der Waals surface area contributed by atoms with Gasteiger partial charge in [-0.05, 0) is 11.4 Å². The molecule has 0 saturated heterocycles. The van der Waals surface area contributed by atoms with Gasteiger partial charge in [0.15, 0.2) is 5.13 Å². The van der Waals surface area contributed by atoms with Gasteiger partial charge in [0, 0.05) is 10.4 Å². The Morgan fingerprint density at radius 2 is 1.82 bits per heavy atom. The minimum absolute atomic E-state index is 0.618. The normalized spacial score (nSPS) is 10.6. The molecule has 4 heteroatoms. The number of nitrogens with two attached hydrogens (primary N) is 1. The van der Waals surface area contributed by atoms with Gasteiger partial charge in [0.05, 0.1) is 10.6 Å². The summed E-state index contributed by atoms with van der Waals surface area (Å²) in [5.41, 5.74) is 7.93. The Kier molecular flexibility index (Phi) is 2.66. The van der Waals surface area contributed by atoms with Crippen molar-refractivity contribution in [3.8, 4) is 21.0 Å². The van der Waals surface area contributed by atoms with Gasteiger partial charge in [-0.3, -0.25) is 0 Å². The molecule has 0 spiro atoms. The summed E-state index contributed by atoms with van der Waals surface area (Å²) >= 11 is 3.26. The second kappa shape index (κ2) is 4.31. The Hall–Kier alpha value is -1.65. The highest BCUT2D eigenvalue weighted by molar-refractivity contribution is 7.23. The predicted molar refractivity (Wildman–Crippen MR) is 75.3 cm³/mol. The van der Waals surface area contributed by atoms with Gasteiger partial charge >= 0.3 is 0 Å². The molecule has 2 heterocycles. The molecule has 0 aliphatic carbocycles. The third-order valence-corrected chi connectivity index (χ3v) is 4.37. The third kappa shape index (κ3) is 1.97. The average Bonchev–Trinajstić information content (AvgIpc) is 2.98. The summed E-state index contributed by atoms with van der Waals surface area (Å²) in [6.07, 6.45) is 0. The van der Waals surface area contributed by atoms with Crippen molar-refractivity contribution < 1.29 is 0 Å². The molecule has 0 saturated carbocycles. The van der Waals surface area contributed by atoms with Crippen molar-refractivity contribution in [1.82, 2.24) is 4.98 Å². The minimum Gasteiger partial charge on any atom is -0.375 e. The maximum absolute atomic E-state index is 5.83. The molecule has 3 aromatic rings. The van der Waals surface area contributed by atoms with Crippen LogP contribution < -0.4 is 5.73 Å². The van der Waals surface area contributed by atoms with E-state index in [1.807, 2.05) is 24.3 Å². The van der Waals surface area contributed by atoms with E-state index in [0.29, 0.717) is 5.13 Å². The Morgan fingerprint density at radius 3 is 2.53 bits per heavy atom. The fourth-order valence-corrected chi connectivity index (χ4v) is 3.41. The minimum atomic E-state index is 0.618. The van der Waals surface area contributed by atoms with Gasteiger partial charge in [0.1, 0.15) is 0 Å². The van der Waals surface area contributed by atoms with Crippen molar-refractivity contribution >= 4 is 27.8 Å². The van der Waals surface area contributed by atoms with Crippen molar-refractivity contribution in [2.24, 2.45) is 0 Å². The molecule has 84 valence electrons. The molecule has 0 fully saturated rings. The van der Waals surface area contributed by atoms with Crippen LogP contribution in [0.1, 0.15) is 0 Å². The van der Waals surface area contributed by atoms with Crippen LogP contribution in [0.2, 0.25) is 0 Å². The lowest BCUT2D eigenvalue weighted by Gasteiger charge is -1.99. The first kappa shape index (κ1) is 10.5. The largest absolute Gasteiger partial charge is 0.375 e. The van der Waals surface area contributed by atoms with E-state index in [-0.39, 0.29) is 0 Å². The lowest BCUT2D eigenvalue weighted by molar-refractivity contribution is 1.41. The molecule has 0 unspecified atom stereocenters.